The molecule has 0 radical (unpaired) electrons. The van der Waals surface area contributed by atoms with Crippen LogP contribution in [0.3, 0.4) is 0 Å². The average molecular weight is 352 g/mol. The molecule has 0 saturated carbocycles. The van der Waals surface area contributed by atoms with Crippen LogP contribution >= 0.6 is 0 Å². The Balaban J connectivity index is 1.53. The van der Waals surface area contributed by atoms with Gasteiger partial charge in [-0.2, -0.15) is 0 Å². The van der Waals surface area contributed by atoms with E-state index in [0.717, 1.165) is 11.1 Å². The zero-order valence-electron chi connectivity index (χ0n) is 14.8. The molecule has 0 saturated heterocycles. The first-order chi connectivity index (χ1) is 12.5. The van der Waals surface area contributed by atoms with Gasteiger partial charge in [-0.1, -0.05) is 42.0 Å². The Morgan fingerprint density at radius 2 is 1.85 bits per heavy atom. The summed E-state index contributed by atoms with van der Waals surface area (Å²) in [7, 11) is 0. The van der Waals surface area contributed by atoms with Crippen LogP contribution in [0.2, 0.25) is 0 Å². The summed E-state index contributed by atoms with van der Waals surface area (Å²) in [5.41, 5.74) is 3.00. The SMILES string of the molecule is Cc1ccc(-c2cnc(CCC(=O)NC(C)c3ccc(F)cc3)o2)cc1. The molecule has 0 spiro atoms. The third-order valence-corrected chi connectivity index (χ3v) is 4.20. The summed E-state index contributed by atoms with van der Waals surface area (Å²) in [6.45, 7) is 3.90. The van der Waals surface area contributed by atoms with E-state index in [-0.39, 0.29) is 24.2 Å². The molecular formula is C21H21FN2O2. The zero-order chi connectivity index (χ0) is 18.5. The van der Waals surface area contributed by atoms with Gasteiger partial charge in [-0.3, -0.25) is 4.79 Å². The van der Waals surface area contributed by atoms with Gasteiger partial charge in [0.15, 0.2) is 11.7 Å². The lowest BCUT2D eigenvalue weighted by Crippen LogP contribution is -2.26. The third kappa shape index (κ3) is 4.57. The van der Waals surface area contributed by atoms with Gasteiger partial charge < -0.3 is 9.73 Å². The smallest absolute Gasteiger partial charge is 0.220 e. The minimum absolute atomic E-state index is 0.100. The fourth-order valence-corrected chi connectivity index (χ4v) is 2.65. The van der Waals surface area contributed by atoms with Gasteiger partial charge in [-0.05, 0) is 31.5 Å². The van der Waals surface area contributed by atoms with Gasteiger partial charge in [-0.25, -0.2) is 9.37 Å². The first-order valence-corrected chi connectivity index (χ1v) is 8.58. The normalized spacial score (nSPS) is 12.0. The molecule has 26 heavy (non-hydrogen) atoms. The van der Waals surface area contributed by atoms with Crippen molar-refractivity contribution in [3.8, 4) is 11.3 Å². The molecule has 4 nitrogen and oxygen atoms in total. The number of rotatable bonds is 6. The van der Waals surface area contributed by atoms with E-state index in [0.29, 0.717) is 18.1 Å². The molecule has 0 aliphatic heterocycles. The van der Waals surface area contributed by atoms with Crippen molar-refractivity contribution in [2.45, 2.75) is 32.7 Å². The number of carbonyl (C=O) groups is 1. The molecule has 1 unspecified atom stereocenters. The monoisotopic (exact) mass is 352 g/mol. The molecule has 1 atom stereocenters. The van der Waals surface area contributed by atoms with Crippen molar-refractivity contribution in [2.75, 3.05) is 0 Å². The standard InChI is InChI=1S/C21H21FN2O2/c1-14-3-5-17(6-4-14)19-13-23-21(26-19)12-11-20(25)24-15(2)16-7-9-18(22)10-8-16/h3-10,13,15H,11-12H2,1-2H3,(H,24,25). The Hall–Kier alpha value is -2.95. The maximum atomic E-state index is 13.0. The highest BCUT2D eigenvalue weighted by molar-refractivity contribution is 5.76. The topological polar surface area (TPSA) is 55.1 Å². The first kappa shape index (κ1) is 17.9. The molecule has 0 aliphatic rings. The molecule has 3 rings (SSSR count). The van der Waals surface area contributed by atoms with Gasteiger partial charge >= 0.3 is 0 Å². The highest BCUT2D eigenvalue weighted by Crippen LogP contribution is 2.21. The molecule has 5 heteroatoms. The Morgan fingerprint density at radius 1 is 1.15 bits per heavy atom. The van der Waals surface area contributed by atoms with Crippen LogP contribution in [0.15, 0.2) is 59.1 Å². The number of aromatic nitrogens is 1. The minimum atomic E-state index is -0.291. The van der Waals surface area contributed by atoms with Gasteiger partial charge in [-0.15, -0.1) is 0 Å². The van der Waals surface area contributed by atoms with Crippen molar-refractivity contribution in [3.05, 3.63) is 77.6 Å². The molecule has 1 amide bonds. The molecule has 1 N–H and O–H groups in total. The molecular weight excluding hydrogens is 331 g/mol. The van der Waals surface area contributed by atoms with Gasteiger partial charge in [0.1, 0.15) is 5.82 Å². The molecule has 1 heterocycles. The molecule has 3 aromatic rings. The zero-order valence-corrected chi connectivity index (χ0v) is 14.8. The van der Waals surface area contributed by atoms with Gasteiger partial charge in [0.05, 0.1) is 12.2 Å². The second kappa shape index (κ2) is 7.95. The van der Waals surface area contributed by atoms with Crippen LogP contribution in [0.1, 0.15) is 36.4 Å². The van der Waals surface area contributed by atoms with Crippen LogP contribution in [0, 0.1) is 12.7 Å². The Kier molecular flexibility index (Phi) is 5.46. The molecule has 0 aliphatic carbocycles. The summed E-state index contributed by atoms with van der Waals surface area (Å²) < 4.78 is 18.7. The lowest BCUT2D eigenvalue weighted by Gasteiger charge is -2.14. The van der Waals surface area contributed by atoms with Crippen LogP contribution in [-0.2, 0) is 11.2 Å². The lowest BCUT2D eigenvalue weighted by atomic mass is 10.1. The van der Waals surface area contributed by atoms with E-state index in [1.165, 1.54) is 17.7 Å². The van der Waals surface area contributed by atoms with Gasteiger partial charge in [0.2, 0.25) is 5.91 Å². The number of nitrogens with one attached hydrogen (secondary N) is 1. The Labute approximate surface area is 152 Å². The number of benzene rings is 2. The van der Waals surface area contributed by atoms with Crippen LogP contribution in [0.4, 0.5) is 4.39 Å². The van der Waals surface area contributed by atoms with Crippen molar-refractivity contribution in [1.29, 1.82) is 0 Å². The highest BCUT2D eigenvalue weighted by Gasteiger charge is 2.12. The number of nitrogens with zero attached hydrogens (tertiary/aromatic N) is 1. The number of aryl methyl sites for hydroxylation is 2. The van der Waals surface area contributed by atoms with Crippen LogP contribution in [0.25, 0.3) is 11.3 Å². The largest absolute Gasteiger partial charge is 0.441 e. The number of hydrogen-bond donors (Lipinski definition) is 1. The Bertz CT molecular complexity index is 870. The summed E-state index contributed by atoms with van der Waals surface area (Å²) in [4.78, 5) is 16.4. The second-order valence-electron chi connectivity index (χ2n) is 6.33. The molecule has 134 valence electrons. The number of amides is 1. The number of oxazole rings is 1. The van der Waals surface area contributed by atoms with E-state index in [1.54, 1.807) is 18.3 Å². The average Bonchev–Trinajstić information content (AvgIpc) is 3.10. The number of carbonyl (C=O) groups excluding carboxylic acids is 1. The van der Waals surface area contributed by atoms with Crippen LogP contribution in [0.5, 0.6) is 0 Å². The van der Waals surface area contributed by atoms with Crippen molar-refractivity contribution < 1.29 is 13.6 Å². The van der Waals surface area contributed by atoms with E-state index >= 15 is 0 Å². The maximum absolute atomic E-state index is 13.0. The van der Waals surface area contributed by atoms with Crippen molar-refractivity contribution in [1.82, 2.24) is 10.3 Å². The number of halogens is 1. The summed E-state index contributed by atoms with van der Waals surface area (Å²) in [5.74, 6) is 0.836. The third-order valence-electron chi connectivity index (χ3n) is 4.20. The van der Waals surface area contributed by atoms with E-state index in [9.17, 15) is 9.18 Å². The number of hydrogen-bond acceptors (Lipinski definition) is 3. The Morgan fingerprint density at radius 3 is 2.54 bits per heavy atom. The highest BCUT2D eigenvalue weighted by atomic mass is 19.1. The maximum Gasteiger partial charge on any atom is 0.220 e. The van der Waals surface area contributed by atoms with Crippen LogP contribution < -0.4 is 5.32 Å². The minimum Gasteiger partial charge on any atom is -0.441 e. The molecule has 1 aromatic heterocycles. The van der Waals surface area contributed by atoms with E-state index in [2.05, 4.69) is 10.3 Å². The molecule has 2 aromatic carbocycles. The summed E-state index contributed by atoms with van der Waals surface area (Å²) >= 11 is 0. The van der Waals surface area contributed by atoms with E-state index < -0.39 is 0 Å². The van der Waals surface area contributed by atoms with Crippen LogP contribution in [-0.4, -0.2) is 10.9 Å². The summed E-state index contributed by atoms with van der Waals surface area (Å²) in [5, 5.41) is 2.90. The molecule has 0 bridgehead atoms. The van der Waals surface area contributed by atoms with Crippen molar-refractivity contribution >= 4 is 5.91 Å². The van der Waals surface area contributed by atoms with Gasteiger partial charge in [0, 0.05) is 18.4 Å². The summed E-state index contributed by atoms with van der Waals surface area (Å²) in [6.07, 6.45) is 2.38. The fraction of sp³-hybridized carbons (Fsp3) is 0.238. The predicted molar refractivity (Wildman–Crippen MR) is 98.0 cm³/mol. The van der Waals surface area contributed by atoms with Crippen molar-refractivity contribution in [2.24, 2.45) is 0 Å². The van der Waals surface area contributed by atoms with Crippen molar-refractivity contribution in [3.63, 3.8) is 0 Å². The van der Waals surface area contributed by atoms with E-state index in [4.69, 9.17) is 4.42 Å². The second-order valence-corrected chi connectivity index (χ2v) is 6.33. The first-order valence-electron chi connectivity index (χ1n) is 8.58. The van der Waals surface area contributed by atoms with Gasteiger partial charge in [0.25, 0.3) is 0 Å². The molecule has 0 fully saturated rings. The predicted octanol–water partition coefficient (Wildman–Crippen LogP) is 4.60. The summed E-state index contributed by atoms with van der Waals surface area (Å²) in [6, 6.07) is 13.9. The quantitative estimate of drug-likeness (QED) is 0.705. The van der Waals surface area contributed by atoms with E-state index in [1.807, 2.05) is 38.1 Å². The fourth-order valence-electron chi connectivity index (χ4n) is 2.65. The lowest BCUT2D eigenvalue weighted by molar-refractivity contribution is -0.121.